The van der Waals surface area contributed by atoms with E-state index in [9.17, 15) is 0 Å². The van der Waals surface area contributed by atoms with Gasteiger partial charge in [-0.3, -0.25) is 0 Å². The minimum atomic E-state index is 0.604. The molecule has 0 aromatic carbocycles. The number of rotatable bonds is 3. The van der Waals surface area contributed by atoms with Crippen LogP contribution in [0, 0.1) is 12.8 Å². The summed E-state index contributed by atoms with van der Waals surface area (Å²) in [6.45, 7) is 8.41. The van der Waals surface area contributed by atoms with Crippen molar-refractivity contribution in [2.75, 3.05) is 5.73 Å². The number of nitrogen functional groups attached to an aromatic ring is 1. The third kappa shape index (κ3) is 2.44. The number of nitrogens with zero attached hydrogens (tertiary/aromatic N) is 2. The lowest BCUT2D eigenvalue weighted by Crippen LogP contribution is -2.08. The Balaban J connectivity index is 3.07. The fraction of sp³-hybridized carbons (Fsp3) is 0.636. The summed E-state index contributed by atoms with van der Waals surface area (Å²) in [4.78, 5) is 8.73. The SMILES string of the molecule is CCc1nc(N)c(C)c(CC(C)C)n1. The molecule has 14 heavy (non-hydrogen) atoms. The average molecular weight is 193 g/mol. The van der Waals surface area contributed by atoms with E-state index in [-0.39, 0.29) is 0 Å². The van der Waals surface area contributed by atoms with Crippen molar-refractivity contribution in [3.8, 4) is 0 Å². The van der Waals surface area contributed by atoms with Crippen LogP contribution in [0.5, 0.6) is 0 Å². The summed E-state index contributed by atoms with van der Waals surface area (Å²) >= 11 is 0. The molecule has 0 aliphatic heterocycles. The van der Waals surface area contributed by atoms with E-state index in [4.69, 9.17) is 5.73 Å². The van der Waals surface area contributed by atoms with Crippen LogP contribution in [0.4, 0.5) is 5.82 Å². The van der Waals surface area contributed by atoms with Crippen LogP contribution in [0.15, 0.2) is 0 Å². The van der Waals surface area contributed by atoms with E-state index in [1.807, 2.05) is 13.8 Å². The fourth-order valence-corrected chi connectivity index (χ4v) is 1.38. The number of aromatic nitrogens is 2. The quantitative estimate of drug-likeness (QED) is 0.800. The van der Waals surface area contributed by atoms with Crippen LogP contribution in [0.3, 0.4) is 0 Å². The molecule has 0 amide bonds. The zero-order valence-corrected chi connectivity index (χ0v) is 9.46. The van der Waals surface area contributed by atoms with Gasteiger partial charge in [-0.2, -0.15) is 0 Å². The van der Waals surface area contributed by atoms with Crippen LogP contribution in [0.2, 0.25) is 0 Å². The fourth-order valence-electron chi connectivity index (χ4n) is 1.38. The first-order valence-electron chi connectivity index (χ1n) is 5.16. The number of anilines is 1. The van der Waals surface area contributed by atoms with E-state index in [1.165, 1.54) is 0 Å². The zero-order chi connectivity index (χ0) is 10.7. The summed E-state index contributed by atoms with van der Waals surface area (Å²) < 4.78 is 0. The standard InChI is InChI=1S/C11H19N3/c1-5-10-13-9(6-7(2)3)8(4)11(12)14-10/h7H,5-6H2,1-4H3,(H2,12,13,14). The summed E-state index contributed by atoms with van der Waals surface area (Å²) in [5, 5.41) is 0. The molecule has 1 aromatic heterocycles. The molecule has 1 aromatic rings. The second-order valence-corrected chi connectivity index (χ2v) is 4.05. The van der Waals surface area contributed by atoms with Crippen LogP contribution < -0.4 is 5.73 Å². The third-order valence-electron chi connectivity index (χ3n) is 2.25. The van der Waals surface area contributed by atoms with E-state index in [0.717, 1.165) is 29.9 Å². The summed E-state index contributed by atoms with van der Waals surface area (Å²) in [6, 6.07) is 0. The molecule has 0 saturated carbocycles. The first kappa shape index (κ1) is 11.0. The number of aryl methyl sites for hydroxylation is 1. The van der Waals surface area contributed by atoms with Gasteiger partial charge in [-0.05, 0) is 19.3 Å². The molecule has 2 N–H and O–H groups in total. The maximum absolute atomic E-state index is 5.82. The van der Waals surface area contributed by atoms with Gasteiger partial charge in [0.2, 0.25) is 0 Å². The Morgan fingerprint density at radius 2 is 1.93 bits per heavy atom. The van der Waals surface area contributed by atoms with Gasteiger partial charge in [-0.1, -0.05) is 20.8 Å². The molecule has 0 fully saturated rings. The Kier molecular flexibility index (Phi) is 3.44. The highest BCUT2D eigenvalue weighted by Crippen LogP contribution is 2.15. The normalized spacial score (nSPS) is 10.9. The van der Waals surface area contributed by atoms with E-state index >= 15 is 0 Å². The molecule has 0 saturated heterocycles. The number of hydrogen-bond acceptors (Lipinski definition) is 3. The van der Waals surface area contributed by atoms with Gasteiger partial charge in [-0.15, -0.1) is 0 Å². The summed E-state index contributed by atoms with van der Waals surface area (Å²) in [5.74, 6) is 2.09. The molecular formula is C11H19N3. The van der Waals surface area contributed by atoms with E-state index in [2.05, 4.69) is 23.8 Å². The van der Waals surface area contributed by atoms with Gasteiger partial charge < -0.3 is 5.73 Å². The van der Waals surface area contributed by atoms with Crippen molar-refractivity contribution in [2.24, 2.45) is 5.92 Å². The molecule has 1 heterocycles. The highest BCUT2D eigenvalue weighted by Gasteiger charge is 2.08. The molecule has 0 aliphatic rings. The van der Waals surface area contributed by atoms with E-state index in [0.29, 0.717) is 11.7 Å². The maximum Gasteiger partial charge on any atom is 0.130 e. The van der Waals surface area contributed by atoms with Crippen LogP contribution in [0.1, 0.15) is 37.9 Å². The van der Waals surface area contributed by atoms with Crippen molar-refractivity contribution in [3.63, 3.8) is 0 Å². The largest absolute Gasteiger partial charge is 0.383 e. The van der Waals surface area contributed by atoms with Crippen LogP contribution in [-0.4, -0.2) is 9.97 Å². The Labute approximate surface area is 85.8 Å². The first-order chi connectivity index (χ1) is 6.54. The molecule has 3 heteroatoms. The van der Waals surface area contributed by atoms with Crippen molar-refractivity contribution >= 4 is 5.82 Å². The van der Waals surface area contributed by atoms with E-state index in [1.54, 1.807) is 0 Å². The van der Waals surface area contributed by atoms with Gasteiger partial charge >= 0.3 is 0 Å². The van der Waals surface area contributed by atoms with Crippen LogP contribution >= 0.6 is 0 Å². The topological polar surface area (TPSA) is 51.8 Å². The monoisotopic (exact) mass is 193 g/mol. The molecule has 78 valence electrons. The predicted molar refractivity (Wildman–Crippen MR) is 59.1 cm³/mol. The molecule has 0 radical (unpaired) electrons. The number of nitrogens with two attached hydrogens (primary N) is 1. The highest BCUT2D eigenvalue weighted by molar-refractivity contribution is 5.41. The minimum absolute atomic E-state index is 0.604. The maximum atomic E-state index is 5.82. The first-order valence-corrected chi connectivity index (χ1v) is 5.16. The van der Waals surface area contributed by atoms with Gasteiger partial charge in [0.05, 0.1) is 0 Å². The second kappa shape index (κ2) is 4.40. The Morgan fingerprint density at radius 1 is 1.29 bits per heavy atom. The van der Waals surface area contributed by atoms with Crippen molar-refractivity contribution < 1.29 is 0 Å². The van der Waals surface area contributed by atoms with Gasteiger partial charge in [-0.25, -0.2) is 9.97 Å². The summed E-state index contributed by atoms with van der Waals surface area (Å²) in [5.41, 5.74) is 7.96. The average Bonchev–Trinajstić information content (AvgIpc) is 2.11. The molecule has 0 spiro atoms. The van der Waals surface area contributed by atoms with Crippen molar-refractivity contribution in [2.45, 2.75) is 40.5 Å². The molecule has 0 aliphatic carbocycles. The lowest BCUT2D eigenvalue weighted by Gasteiger charge is -2.10. The van der Waals surface area contributed by atoms with Crippen LogP contribution in [-0.2, 0) is 12.8 Å². The molecular weight excluding hydrogens is 174 g/mol. The molecule has 0 bridgehead atoms. The van der Waals surface area contributed by atoms with Crippen molar-refractivity contribution in [1.29, 1.82) is 0 Å². The van der Waals surface area contributed by atoms with Gasteiger partial charge in [0, 0.05) is 17.7 Å². The van der Waals surface area contributed by atoms with Crippen molar-refractivity contribution in [3.05, 3.63) is 17.1 Å². The molecule has 0 atom stereocenters. The lowest BCUT2D eigenvalue weighted by atomic mass is 10.0. The minimum Gasteiger partial charge on any atom is -0.383 e. The van der Waals surface area contributed by atoms with Gasteiger partial charge in [0.15, 0.2) is 0 Å². The Morgan fingerprint density at radius 3 is 2.43 bits per heavy atom. The van der Waals surface area contributed by atoms with Gasteiger partial charge in [0.25, 0.3) is 0 Å². The molecule has 0 unspecified atom stereocenters. The van der Waals surface area contributed by atoms with Gasteiger partial charge in [0.1, 0.15) is 11.6 Å². The molecule has 3 nitrogen and oxygen atoms in total. The third-order valence-corrected chi connectivity index (χ3v) is 2.25. The van der Waals surface area contributed by atoms with E-state index < -0.39 is 0 Å². The molecule has 1 rings (SSSR count). The smallest absolute Gasteiger partial charge is 0.130 e. The Hall–Kier alpha value is -1.12. The lowest BCUT2D eigenvalue weighted by molar-refractivity contribution is 0.627. The summed E-state index contributed by atoms with van der Waals surface area (Å²) in [7, 11) is 0. The summed E-state index contributed by atoms with van der Waals surface area (Å²) in [6.07, 6.45) is 1.82. The van der Waals surface area contributed by atoms with Crippen molar-refractivity contribution in [1.82, 2.24) is 9.97 Å². The number of hydrogen-bond donors (Lipinski definition) is 1. The van der Waals surface area contributed by atoms with Crippen LogP contribution in [0.25, 0.3) is 0 Å². The Bertz CT molecular complexity index is 319. The highest BCUT2D eigenvalue weighted by atomic mass is 14.9. The zero-order valence-electron chi connectivity index (χ0n) is 9.46. The predicted octanol–water partition coefficient (Wildman–Crippen LogP) is 2.13. The second-order valence-electron chi connectivity index (χ2n) is 4.05.